The summed E-state index contributed by atoms with van der Waals surface area (Å²) in [7, 11) is 0. The van der Waals surface area contributed by atoms with Crippen molar-refractivity contribution < 1.29 is 0 Å². The highest BCUT2D eigenvalue weighted by molar-refractivity contribution is 5.86. The molecule has 0 unspecified atom stereocenters. The lowest BCUT2D eigenvalue weighted by Crippen LogP contribution is -2.31. The molecule has 1 aliphatic rings. The van der Waals surface area contributed by atoms with Gasteiger partial charge in [0, 0.05) is 24.6 Å². The van der Waals surface area contributed by atoms with E-state index in [9.17, 15) is 0 Å². The van der Waals surface area contributed by atoms with Crippen LogP contribution in [0.5, 0.6) is 0 Å². The standard InChI is InChI=1S/C8H14N2/c1-6(2)8-9-5-4-7(3)10-8/h6H,3-5H2,1-2H3,(H,9,10). The second-order valence-corrected chi connectivity index (χ2v) is 2.90. The van der Waals surface area contributed by atoms with Crippen molar-refractivity contribution in [2.24, 2.45) is 10.9 Å². The first-order valence-electron chi connectivity index (χ1n) is 3.69. The van der Waals surface area contributed by atoms with Crippen molar-refractivity contribution in [2.75, 3.05) is 6.54 Å². The quantitative estimate of drug-likeness (QED) is 0.584. The summed E-state index contributed by atoms with van der Waals surface area (Å²) >= 11 is 0. The van der Waals surface area contributed by atoms with Gasteiger partial charge in [0.25, 0.3) is 0 Å². The Balaban J connectivity index is 2.60. The first-order valence-corrected chi connectivity index (χ1v) is 3.69. The van der Waals surface area contributed by atoms with Crippen LogP contribution in [0.25, 0.3) is 0 Å². The van der Waals surface area contributed by atoms with E-state index in [0.717, 1.165) is 24.5 Å². The maximum Gasteiger partial charge on any atom is 0.103 e. The molecular formula is C8H14N2. The molecule has 0 fully saturated rings. The van der Waals surface area contributed by atoms with Gasteiger partial charge in [-0.05, 0) is 0 Å². The highest BCUT2D eigenvalue weighted by atomic mass is 15.0. The Hall–Kier alpha value is -0.790. The van der Waals surface area contributed by atoms with Crippen LogP contribution in [-0.4, -0.2) is 12.4 Å². The molecule has 1 aliphatic heterocycles. The smallest absolute Gasteiger partial charge is 0.103 e. The molecular weight excluding hydrogens is 124 g/mol. The van der Waals surface area contributed by atoms with Crippen molar-refractivity contribution in [3.05, 3.63) is 12.3 Å². The molecule has 2 nitrogen and oxygen atoms in total. The second kappa shape index (κ2) is 2.86. The summed E-state index contributed by atoms with van der Waals surface area (Å²) in [5.41, 5.74) is 1.10. The molecule has 0 saturated carbocycles. The van der Waals surface area contributed by atoms with Gasteiger partial charge in [-0.25, -0.2) is 0 Å². The van der Waals surface area contributed by atoms with Gasteiger partial charge in [-0.1, -0.05) is 20.4 Å². The molecule has 0 spiro atoms. The van der Waals surface area contributed by atoms with Gasteiger partial charge >= 0.3 is 0 Å². The van der Waals surface area contributed by atoms with E-state index in [1.165, 1.54) is 0 Å². The highest BCUT2D eigenvalue weighted by Gasteiger charge is 2.09. The molecule has 10 heavy (non-hydrogen) atoms. The third kappa shape index (κ3) is 1.59. The van der Waals surface area contributed by atoms with Crippen LogP contribution in [0.2, 0.25) is 0 Å². The van der Waals surface area contributed by atoms with Crippen LogP contribution < -0.4 is 5.32 Å². The van der Waals surface area contributed by atoms with E-state index in [4.69, 9.17) is 0 Å². The van der Waals surface area contributed by atoms with Crippen molar-refractivity contribution in [1.82, 2.24) is 5.32 Å². The SMILES string of the molecule is C=C1CCN=C(C(C)C)N1. The predicted octanol–water partition coefficient (Wildman–Crippen LogP) is 1.55. The van der Waals surface area contributed by atoms with Crippen LogP contribution in [-0.2, 0) is 0 Å². The molecule has 1 heterocycles. The van der Waals surface area contributed by atoms with Crippen LogP contribution in [0.3, 0.4) is 0 Å². The van der Waals surface area contributed by atoms with E-state index in [0.29, 0.717) is 5.92 Å². The molecule has 0 saturated heterocycles. The van der Waals surface area contributed by atoms with E-state index in [2.05, 4.69) is 30.7 Å². The summed E-state index contributed by atoms with van der Waals surface area (Å²) in [5.74, 6) is 1.58. The number of hydrogen-bond acceptors (Lipinski definition) is 2. The van der Waals surface area contributed by atoms with E-state index >= 15 is 0 Å². The summed E-state index contributed by atoms with van der Waals surface area (Å²) in [6, 6.07) is 0. The van der Waals surface area contributed by atoms with Crippen molar-refractivity contribution in [2.45, 2.75) is 20.3 Å². The number of amidine groups is 1. The zero-order valence-electron chi connectivity index (χ0n) is 6.65. The monoisotopic (exact) mass is 138 g/mol. The van der Waals surface area contributed by atoms with Crippen molar-refractivity contribution in [3.8, 4) is 0 Å². The molecule has 0 aromatic heterocycles. The minimum atomic E-state index is 0.497. The largest absolute Gasteiger partial charge is 0.348 e. The van der Waals surface area contributed by atoms with Gasteiger partial charge in [-0.15, -0.1) is 0 Å². The van der Waals surface area contributed by atoms with E-state index in [1.54, 1.807) is 0 Å². The Morgan fingerprint density at radius 1 is 1.60 bits per heavy atom. The summed E-state index contributed by atoms with van der Waals surface area (Å²) in [6.45, 7) is 9.02. The van der Waals surface area contributed by atoms with Gasteiger partial charge in [0.05, 0.1) is 0 Å². The summed E-state index contributed by atoms with van der Waals surface area (Å²) in [4.78, 5) is 4.32. The van der Waals surface area contributed by atoms with Crippen molar-refractivity contribution in [1.29, 1.82) is 0 Å². The lowest BCUT2D eigenvalue weighted by Gasteiger charge is -2.18. The fraction of sp³-hybridized carbons (Fsp3) is 0.625. The molecule has 0 aromatic rings. The average molecular weight is 138 g/mol. The molecule has 0 aliphatic carbocycles. The van der Waals surface area contributed by atoms with Gasteiger partial charge in [0.1, 0.15) is 5.84 Å². The minimum Gasteiger partial charge on any atom is -0.348 e. The Labute approximate surface area is 62.0 Å². The van der Waals surface area contributed by atoms with E-state index in [1.807, 2.05) is 0 Å². The highest BCUT2D eigenvalue weighted by Crippen LogP contribution is 2.05. The molecule has 0 radical (unpaired) electrons. The van der Waals surface area contributed by atoms with Crippen LogP contribution in [0.1, 0.15) is 20.3 Å². The molecule has 1 rings (SSSR count). The Bertz CT molecular complexity index is 168. The molecule has 1 N–H and O–H groups in total. The number of nitrogens with one attached hydrogen (secondary N) is 1. The molecule has 0 aromatic carbocycles. The third-order valence-electron chi connectivity index (χ3n) is 1.55. The Kier molecular flexibility index (Phi) is 2.10. The lowest BCUT2D eigenvalue weighted by atomic mass is 10.1. The van der Waals surface area contributed by atoms with Crippen molar-refractivity contribution >= 4 is 5.84 Å². The molecule has 0 bridgehead atoms. The van der Waals surface area contributed by atoms with Gasteiger partial charge in [0.2, 0.25) is 0 Å². The van der Waals surface area contributed by atoms with E-state index < -0.39 is 0 Å². The Morgan fingerprint density at radius 2 is 2.30 bits per heavy atom. The fourth-order valence-electron chi connectivity index (χ4n) is 0.921. The topological polar surface area (TPSA) is 24.4 Å². The minimum absolute atomic E-state index is 0.497. The normalized spacial score (nSPS) is 18.7. The molecule has 2 heteroatoms. The van der Waals surface area contributed by atoms with Crippen LogP contribution >= 0.6 is 0 Å². The van der Waals surface area contributed by atoms with Gasteiger partial charge in [-0.3, -0.25) is 4.99 Å². The molecule has 0 amide bonds. The molecule has 0 atom stereocenters. The van der Waals surface area contributed by atoms with Gasteiger partial charge in [-0.2, -0.15) is 0 Å². The first-order chi connectivity index (χ1) is 4.70. The Morgan fingerprint density at radius 3 is 2.70 bits per heavy atom. The van der Waals surface area contributed by atoms with E-state index in [-0.39, 0.29) is 0 Å². The fourth-order valence-corrected chi connectivity index (χ4v) is 0.921. The maximum atomic E-state index is 4.32. The third-order valence-corrected chi connectivity index (χ3v) is 1.55. The number of rotatable bonds is 1. The van der Waals surface area contributed by atoms with Crippen LogP contribution in [0, 0.1) is 5.92 Å². The number of aliphatic imine (C=N–C) groups is 1. The van der Waals surface area contributed by atoms with Crippen LogP contribution in [0.15, 0.2) is 17.3 Å². The zero-order valence-corrected chi connectivity index (χ0v) is 6.65. The summed E-state index contributed by atoms with van der Waals surface area (Å²) < 4.78 is 0. The lowest BCUT2D eigenvalue weighted by molar-refractivity contribution is 0.760. The zero-order chi connectivity index (χ0) is 7.56. The average Bonchev–Trinajstić information content (AvgIpc) is 1.88. The summed E-state index contributed by atoms with van der Waals surface area (Å²) in [5, 5.41) is 3.17. The predicted molar refractivity (Wildman–Crippen MR) is 44.0 cm³/mol. The van der Waals surface area contributed by atoms with Gasteiger partial charge < -0.3 is 5.32 Å². The van der Waals surface area contributed by atoms with Crippen LogP contribution in [0.4, 0.5) is 0 Å². The summed E-state index contributed by atoms with van der Waals surface area (Å²) in [6.07, 6.45) is 0.982. The maximum absolute atomic E-state index is 4.32. The number of hydrogen-bond donors (Lipinski definition) is 1. The number of nitrogens with zero attached hydrogens (tertiary/aromatic N) is 1. The van der Waals surface area contributed by atoms with Gasteiger partial charge in [0.15, 0.2) is 0 Å². The second-order valence-electron chi connectivity index (χ2n) is 2.90. The first kappa shape index (κ1) is 7.32. The molecule has 56 valence electrons. The van der Waals surface area contributed by atoms with Crippen molar-refractivity contribution in [3.63, 3.8) is 0 Å².